The highest BCUT2D eigenvalue weighted by atomic mass is 28.3. The zero-order valence-electron chi connectivity index (χ0n) is 18.1. The van der Waals surface area contributed by atoms with Crippen LogP contribution in [0, 0.1) is 0 Å². The van der Waals surface area contributed by atoms with Crippen LogP contribution in [0.5, 0.6) is 0 Å². The highest BCUT2D eigenvalue weighted by Crippen LogP contribution is 2.27. The van der Waals surface area contributed by atoms with Crippen molar-refractivity contribution in [1.82, 2.24) is 0 Å². The summed E-state index contributed by atoms with van der Waals surface area (Å²) in [5, 5.41) is 10.8. The van der Waals surface area contributed by atoms with Crippen LogP contribution in [0.3, 0.4) is 0 Å². The maximum absolute atomic E-state index is 10.8. The van der Waals surface area contributed by atoms with E-state index < -0.39 is 32.7 Å². The minimum atomic E-state index is -1.16. The Kier molecular flexibility index (Phi) is 9.98. The van der Waals surface area contributed by atoms with Crippen molar-refractivity contribution in [1.29, 1.82) is 0 Å². The Morgan fingerprint density at radius 1 is 1.10 bits per heavy atom. The van der Waals surface area contributed by atoms with Crippen LogP contribution in [0.1, 0.15) is 12.5 Å². The van der Waals surface area contributed by atoms with Gasteiger partial charge in [-0.2, -0.15) is 0 Å². The highest BCUT2D eigenvalue weighted by molar-refractivity contribution is 6.76. The van der Waals surface area contributed by atoms with E-state index in [0.717, 1.165) is 11.6 Å². The van der Waals surface area contributed by atoms with Gasteiger partial charge in [-0.05, 0) is 18.5 Å². The average Bonchev–Trinajstić information content (AvgIpc) is 2.68. The largest absolute Gasteiger partial charge is 0.385 e. The fourth-order valence-electron chi connectivity index (χ4n) is 3.04. The molecule has 1 heterocycles. The average molecular weight is 425 g/mol. The van der Waals surface area contributed by atoms with Crippen molar-refractivity contribution in [3.05, 3.63) is 48.6 Å². The van der Waals surface area contributed by atoms with E-state index in [-0.39, 0.29) is 19.5 Å². The molecule has 1 saturated heterocycles. The van der Waals surface area contributed by atoms with Crippen LogP contribution in [-0.4, -0.2) is 63.9 Å². The first kappa shape index (κ1) is 24.2. The summed E-state index contributed by atoms with van der Waals surface area (Å²) in [6, 6.07) is 10.9. The summed E-state index contributed by atoms with van der Waals surface area (Å²) in [5.41, 5.74) is 1.05. The third-order valence-corrected chi connectivity index (χ3v) is 6.46. The lowest BCUT2D eigenvalue weighted by Crippen LogP contribution is -2.59. The number of hydrogen-bond acceptors (Lipinski definition) is 6. The third-order valence-electron chi connectivity index (χ3n) is 4.75. The van der Waals surface area contributed by atoms with Gasteiger partial charge in [0.1, 0.15) is 25.1 Å². The fraction of sp³-hybridized carbons (Fsp3) is 0.636. The fourth-order valence-corrected chi connectivity index (χ4v) is 3.80. The van der Waals surface area contributed by atoms with Gasteiger partial charge < -0.3 is 28.8 Å². The Labute approximate surface area is 175 Å². The van der Waals surface area contributed by atoms with Gasteiger partial charge in [0.25, 0.3) is 0 Å². The summed E-state index contributed by atoms with van der Waals surface area (Å²) in [5.74, 6) is 0. The molecule has 0 unspecified atom stereocenters. The molecule has 0 radical (unpaired) electrons. The Morgan fingerprint density at radius 2 is 1.83 bits per heavy atom. The second-order valence-corrected chi connectivity index (χ2v) is 14.2. The van der Waals surface area contributed by atoms with Crippen molar-refractivity contribution >= 4 is 8.07 Å². The lowest BCUT2D eigenvalue weighted by Gasteiger charge is -2.43. The summed E-state index contributed by atoms with van der Waals surface area (Å²) in [6.45, 7) is 13.9. The third kappa shape index (κ3) is 8.30. The van der Waals surface area contributed by atoms with E-state index >= 15 is 0 Å². The van der Waals surface area contributed by atoms with Crippen LogP contribution >= 0.6 is 0 Å². The molecule has 1 aliphatic rings. The SMILES string of the molecule is C=CCO[C@@H]1O[C@@H](C)[C@H](OCc2ccccc2)[C@@H](OCOCC[Si](C)(C)C)[C@H]1O. The van der Waals surface area contributed by atoms with Crippen LogP contribution in [0.4, 0.5) is 0 Å². The van der Waals surface area contributed by atoms with Crippen LogP contribution in [-0.2, 0) is 30.3 Å². The normalized spacial score (nSPS) is 27.7. The number of aliphatic hydroxyl groups excluding tert-OH is 1. The highest BCUT2D eigenvalue weighted by Gasteiger charge is 2.45. The second kappa shape index (κ2) is 12.0. The topological polar surface area (TPSA) is 66.4 Å². The van der Waals surface area contributed by atoms with E-state index in [1.807, 2.05) is 37.3 Å². The molecule has 0 aliphatic carbocycles. The molecule has 1 aromatic rings. The quantitative estimate of drug-likeness (QED) is 0.239. The van der Waals surface area contributed by atoms with E-state index in [9.17, 15) is 5.11 Å². The molecule has 6 nitrogen and oxygen atoms in total. The molecule has 0 bridgehead atoms. The van der Waals surface area contributed by atoms with Gasteiger partial charge in [-0.1, -0.05) is 56.0 Å². The van der Waals surface area contributed by atoms with Gasteiger partial charge in [0.05, 0.1) is 19.3 Å². The zero-order chi connectivity index (χ0) is 21.3. The van der Waals surface area contributed by atoms with Gasteiger partial charge >= 0.3 is 0 Å². The van der Waals surface area contributed by atoms with Gasteiger partial charge in [-0.15, -0.1) is 6.58 Å². The number of aliphatic hydroxyl groups is 1. The predicted octanol–water partition coefficient (Wildman–Crippen LogP) is 3.58. The van der Waals surface area contributed by atoms with Crippen LogP contribution < -0.4 is 0 Å². The van der Waals surface area contributed by atoms with Gasteiger partial charge in [-0.25, -0.2) is 0 Å². The predicted molar refractivity (Wildman–Crippen MR) is 115 cm³/mol. The summed E-state index contributed by atoms with van der Waals surface area (Å²) >= 11 is 0. The molecule has 1 aromatic carbocycles. The van der Waals surface area contributed by atoms with E-state index in [1.54, 1.807) is 6.08 Å². The monoisotopic (exact) mass is 424 g/mol. The summed E-state index contributed by atoms with van der Waals surface area (Å²) in [6.07, 6.45) is -1.56. The molecular weight excluding hydrogens is 388 g/mol. The minimum absolute atomic E-state index is 0.0955. The second-order valence-electron chi connectivity index (χ2n) is 8.55. The van der Waals surface area contributed by atoms with Crippen molar-refractivity contribution < 1.29 is 28.8 Å². The molecule has 0 spiro atoms. The van der Waals surface area contributed by atoms with Crippen molar-refractivity contribution in [3.8, 4) is 0 Å². The van der Waals surface area contributed by atoms with Gasteiger partial charge in [0, 0.05) is 14.7 Å². The number of ether oxygens (including phenoxy) is 5. The van der Waals surface area contributed by atoms with Gasteiger partial charge in [0.15, 0.2) is 6.29 Å². The van der Waals surface area contributed by atoms with E-state index in [1.165, 1.54) is 0 Å². The summed E-state index contributed by atoms with van der Waals surface area (Å²) in [4.78, 5) is 0. The molecule has 1 fully saturated rings. The molecule has 5 atom stereocenters. The molecule has 0 saturated carbocycles. The minimum Gasteiger partial charge on any atom is -0.385 e. The standard InChI is InChI=1S/C22H36O6Si/c1-6-12-25-22-19(23)21(27-16-24-13-14-29(3,4)5)20(17(2)28-22)26-15-18-10-8-7-9-11-18/h6-11,17,19-23H,1,12-16H2,2-5H3/t17-,19+,20-,21-,22+/m0/s1. The zero-order valence-corrected chi connectivity index (χ0v) is 19.1. The molecule has 7 heteroatoms. The first-order valence-corrected chi connectivity index (χ1v) is 13.9. The van der Waals surface area contributed by atoms with Crippen LogP contribution in [0.25, 0.3) is 0 Å². The summed E-state index contributed by atoms with van der Waals surface area (Å²) in [7, 11) is -1.16. The number of benzene rings is 1. The first-order chi connectivity index (χ1) is 13.8. The first-order valence-electron chi connectivity index (χ1n) is 10.2. The molecule has 0 aromatic heterocycles. The molecule has 1 aliphatic heterocycles. The van der Waals surface area contributed by atoms with Crippen molar-refractivity contribution in [2.24, 2.45) is 0 Å². The van der Waals surface area contributed by atoms with Crippen molar-refractivity contribution in [2.75, 3.05) is 20.0 Å². The van der Waals surface area contributed by atoms with Crippen LogP contribution in [0.2, 0.25) is 25.7 Å². The molecule has 1 N–H and O–H groups in total. The van der Waals surface area contributed by atoms with Gasteiger partial charge in [0.2, 0.25) is 0 Å². The van der Waals surface area contributed by atoms with Crippen LogP contribution in [0.15, 0.2) is 43.0 Å². The van der Waals surface area contributed by atoms with Crippen molar-refractivity contribution in [2.45, 2.75) is 69.9 Å². The Morgan fingerprint density at radius 3 is 2.48 bits per heavy atom. The Bertz CT molecular complexity index is 591. The molecule has 164 valence electrons. The van der Waals surface area contributed by atoms with E-state index in [0.29, 0.717) is 13.2 Å². The number of rotatable bonds is 12. The smallest absolute Gasteiger partial charge is 0.186 e. The lowest BCUT2D eigenvalue weighted by molar-refractivity contribution is -0.314. The van der Waals surface area contributed by atoms with Crippen molar-refractivity contribution in [3.63, 3.8) is 0 Å². The maximum Gasteiger partial charge on any atom is 0.186 e. The van der Waals surface area contributed by atoms with Gasteiger partial charge in [-0.3, -0.25) is 0 Å². The van der Waals surface area contributed by atoms with E-state index in [4.69, 9.17) is 23.7 Å². The Balaban J connectivity index is 1.97. The summed E-state index contributed by atoms with van der Waals surface area (Å²) < 4.78 is 29.1. The molecular formula is C22H36O6Si. The molecule has 29 heavy (non-hydrogen) atoms. The number of hydrogen-bond donors (Lipinski definition) is 1. The lowest BCUT2D eigenvalue weighted by atomic mass is 9.99. The molecule has 0 amide bonds. The van der Waals surface area contributed by atoms with E-state index in [2.05, 4.69) is 26.2 Å². The maximum atomic E-state index is 10.8. The molecule has 2 rings (SSSR count). The Hall–Kier alpha value is -1.06.